The highest BCUT2D eigenvalue weighted by Gasteiger charge is 2.12. The number of aryl methyl sites for hydroxylation is 2. The van der Waals surface area contributed by atoms with Crippen molar-refractivity contribution in [1.29, 1.82) is 0 Å². The van der Waals surface area contributed by atoms with Crippen LogP contribution >= 0.6 is 0 Å². The largest absolute Gasteiger partial charge is 0.496 e. The van der Waals surface area contributed by atoms with Gasteiger partial charge in [0.2, 0.25) is 5.91 Å². The van der Waals surface area contributed by atoms with Crippen LogP contribution in [0, 0.1) is 6.92 Å². The molecule has 1 amide bonds. The fraction of sp³-hybridized carbons (Fsp3) is 0.350. The lowest BCUT2D eigenvalue weighted by Gasteiger charge is -2.21. The van der Waals surface area contributed by atoms with Crippen molar-refractivity contribution in [2.24, 2.45) is 0 Å². The maximum absolute atomic E-state index is 12.5. The van der Waals surface area contributed by atoms with Gasteiger partial charge in [-0.3, -0.25) is 4.79 Å². The average molecular weight is 311 g/mol. The lowest BCUT2D eigenvalue weighted by molar-refractivity contribution is -0.131. The van der Waals surface area contributed by atoms with Gasteiger partial charge in [0.15, 0.2) is 0 Å². The normalized spacial score (nSPS) is 10.4. The second kappa shape index (κ2) is 8.37. The molecule has 2 aromatic rings. The van der Waals surface area contributed by atoms with Gasteiger partial charge in [0.25, 0.3) is 0 Å². The van der Waals surface area contributed by atoms with Crippen molar-refractivity contribution in [2.75, 3.05) is 13.7 Å². The number of benzene rings is 2. The number of methoxy groups -OCH3 is 1. The molecule has 0 radical (unpaired) electrons. The molecule has 2 rings (SSSR count). The Bertz CT molecular complexity index is 637. The Morgan fingerprint density at radius 3 is 2.43 bits per heavy atom. The summed E-state index contributed by atoms with van der Waals surface area (Å²) in [6, 6.07) is 16.2. The van der Waals surface area contributed by atoms with Gasteiger partial charge in [-0.2, -0.15) is 0 Å². The van der Waals surface area contributed by atoms with Gasteiger partial charge in [0, 0.05) is 19.5 Å². The van der Waals surface area contributed by atoms with Gasteiger partial charge in [-0.05, 0) is 43.0 Å². The van der Waals surface area contributed by atoms with Crippen LogP contribution < -0.4 is 4.74 Å². The highest BCUT2D eigenvalue weighted by molar-refractivity contribution is 5.76. The number of carbonyl (C=O) groups excluding carboxylic acids is 1. The summed E-state index contributed by atoms with van der Waals surface area (Å²) in [7, 11) is 1.67. The second-order valence-corrected chi connectivity index (χ2v) is 5.70. The minimum Gasteiger partial charge on any atom is -0.496 e. The molecular formula is C20H25NO2. The minimum absolute atomic E-state index is 0.199. The SMILES string of the molecule is CCN(Cc1ccccc1)C(=O)CCc1ccc(OC)c(C)c1. The molecule has 0 aromatic heterocycles. The van der Waals surface area contributed by atoms with E-state index < -0.39 is 0 Å². The van der Waals surface area contributed by atoms with Gasteiger partial charge in [0.1, 0.15) is 5.75 Å². The van der Waals surface area contributed by atoms with Gasteiger partial charge in [-0.25, -0.2) is 0 Å². The molecule has 0 saturated heterocycles. The molecule has 0 N–H and O–H groups in total. The smallest absolute Gasteiger partial charge is 0.223 e. The molecule has 0 fully saturated rings. The summed E-state index contributed by atoms with van der Waals surface area (Å²) in [4.78, 5) is 14.4. The summed E-state index contributed by atoms with van der Waals surface area (Å²) in [5.74, 6) is 1.09. The summed E-state index contributed by atoms with van der Waals surface area (Å²) >= 11 is 0. The van der Waals surface area contributed by atoms with Crippen LogP contribution in [0.3, 0.4) is 0 Å². The quantitative estimate of drug-likeness (QED) is 0.774. The Morgan fingerprint density at radius 2 is 1.83 bits per heavy atom. The molecule has 0 heterocycles. The Balaban J connectivity index is 1.93. The fourth-order valence-corrected chi connectivity index (χ4v) is 2.69. The Hall–Kier alpha value is -2.29. The monoisotopic (exact) mass is 311 g/mol. The first-order valence-corrected chi connectivity index (χ1v) is 8.09. The predicted octanol–water partition coefficient (Wildman–Crippen LogP) is 3.98. The van der Waals surface area contributed by atoms with Crippen LogP contribution in [0.2, 0.25) is 0 Å². The maximum Gasteiger partial charge on any atom is 0.223 e. The first-order chi connectivity index (χ1) is 11.1. The van der Waals surface area contributed by atoms with Crippen molar-refractivity contribution in [3.63, 3.8) is 0 Å². The molecule has 0 aliphatic carbocycles. The Labute approximate surface area is 138 Å². The lowest BCUT2D eigenvalue weighted by atomic mass is 10.1. The third kappa shape index (κ3) is 4.85. The summed E-state index contributed by atoms with van der Waals surface area (Å²) in [5.41, 5.74) is 3.45. The zero-order valence-electron chi connectivity index (χ0n) is 14.2. The van der Waals surface area contributed by atoms with Crippen molar-refractivity contribution in [3.05, 3.63) is 65.2 Å². The molecule has 0 atom stereocenters. The molecular weight excluding hydrogens is 286 g/mol. The van der Waals surface area contributed by atoms with Gasteiger partial charge in [0.05, 0.1) is 7.11 Å². The summed E-state index contributed by atoms with van der Waals surface area (Å²) in [5, 5.41) is 0. The van der Waals surface area contributed by atoms with Gasteiger partial charge < -0.3 is 9.64 Å². The van der Waals surface area contributed by atoms with Crippen LogP contribution in [0.25, 0.3) is 0 Å². The van der Waals surface area contributed by atoms with E-state index in [1.807, 2.05) is 49.1 Å². The van der Waals surface area contributed by atoms with E-state index in [4.69, 9.17) is 4.74 Å². The minimum atomic E-state index is 0.199. The highest BCUT2D eigenvalue weighted by atomic mass is 16.5. The van der Waals surface area contributed by atoms with Gasteiger partial charge >= 0.3 is 0 Å². The highest BCUT2D eigenvalue weighted by Crippen LogP contribution is 2.19. The number of hydrogen-bond donors (Lipinski definition) is 0. The molecule has 0 aliphatic rings. The van der Waals surface area contributed by atoms with Crippen molar-refractivity contribution < 1.29 is 9.53 Å². The number of ether oxygens (including phenoxy) is 1. The van der Waals surface area contributed by atoms with E-state index in [2.05, 4.69) is 18.2 Å². The van der Waals surface area contributed by atoms with Gasteiger partial charge in [-0.15, -0.1) is 0 Å². The molecule has 2 aromatic carbocycles. The van der Waals surface area contributed by atoms with Crippen LogP contribution in [0.5, 0.6) is 5.75 Å². The number of nitrogens with zero attached hydrogens (tertiary/aromatic N) is 1. The summed E-state index contributed by atoms with van der Waals surface area (Å²) < 4.78 is 5.27. The Morgan fingerprint density at radius 1 is 1.09 bits per heavy atom. The molecule has 0 spiro atoms. The topological polar surface area (TPSA) is 29.5 Å². The fourth-order valence-electron chi connectivity index (χ4n) is 2.69. The number of amides is 1. The van der Waals surface area contributed by atoms with Crippen LogP contribution in [-0.4, -0.2) is 24.5 Å². The molecule has 3 heteroatoms. The van der Waals surface area contributed by atoms with E-state index in [9.17, 15) is 4.79 Å². The van der Waals surface area contributed by atoms with E-state index in [0.29, 0.717) is 13.0 Å². The number of carbonyl (C=O) groups is 1. The molecule has 0 saturated carbocycles. The molecule has 23 heavy (non-hydrogen) atoms. The van der Waals surface area contributed by atoms with E-state index in [0.717, 1.165) is 24.3 Å². The predicted molar refractivity (Wildman–Crippen MR) is 93.6 cm³/mol. The lowest BCUT2D eigenvalue weighted by Crippen LogP contribution is -2.30. The first kappa shape index (κ1) is 17.1. The third-order valence-corrected chi connectivity index (χ3v) is 4.04. The third-order valence-electron chi connectivity index (χ3n) is 4.04. The first-order valence-electron chi connectivity index (χ1n) is 8.09. The van der Waals surface area contributed by atoms with E-state index >= 15 is 0 Å². The zero-order chi connectivity index (χ0) is 16.7. The van der Waals surface area contributed by atoms with Gasteiger partial charge in [-0.1, -0.05) is 42.5 Å². The van der Waals surface area contributed by atoms with E-state index in [-0.39, 0.29) is 5.91 Å². The molecule has 3 nitrogen and oxygen atoms in total. The van der Waals surface area contributed by atoms with Crippen LogP contribution in [0.4, 0.5) is 0 Å². The van der Waals surface area contributed by atoms with Crippen molar-refractivity contribution in [1.82, 2.24) is 4.90 Å². The molecule has 0 aliphatic heterocycles. The van der Waals surface area contributed by atoms with E-state index in [1.165, 1.54) is 11.1 Å². The Kier molecular flexibility index (Phi) is 6.21. The summed E-state index contributed by atoms with van der Waals surface area (Å²) in [6.07, 6.45) is 1.29. The maximum atomic E-state index is 12.5. The standard InChI is InChI=1S/C20H25NO2/c1-4-21(15-18-8-6-5-7-9-18)20(22)13-11-17-10-12-19(23-3)16(2)14-17/h5-10,12,14H,4,11,13,15H2,1-3H3. The molecule has 0 bridgehead atoms. The van der Waals surface area contributed by atoms with Crippen LogP contribution in [0.15, 0.2) is 48.5 Å². The van der Waals surface area contributed by atoms with Crippen LogP contribution in [0.1, 0.15) is 30.0 Å². The molecule has 122 valence electrons. The molecule has 0 unspecified atom stereocenters. The van der Waals surface area contributed by atoms with Crippen molar-refractivity contribution in [2.45, 2.75) is 33.2 Å². The number of rotatable bonds is 7. The average Bonchev–Trinajstić information content (AvgIpc) is 2.58. The second-order valence-electron chi connectivity index (χ2n) is 5.70. The number of hydrogen-bond acceptors (Lipinski definition) is 2. The van der Waals surface area contributed by atoms with Crippen LogP contribution in [-0.2, 0) is 17.8 Å². The van der Waals surface area contributed by atoms with Crippen molar-refractivity contribution >= 4 is 5.91 Å². The zero-order valence-corrected chi connectivity index (χ0v) is 14.2. The van der Waals surface area contributed by atoms with Crippen molar-refractivity contribution in [3.8, 4) is 5.75 Å². The summed E-state index contributed by atoms with van der Waals surface area (Å²) in [6.45, 7) is 5.46. The van der Waals surface area contributed by atoms with E-state index in [1.54, 1.807) is 7.11 Å².